The lowest BCUT2D eigenvalue weighted by atomic mass is 10.1. The van der Waals surface area contributed by atoms with Crippen molar-refractivity contribution in [1.82, 2.24) is 10.2 Å². The van der Waals surface area contributed by atoms with Gasteiger partial charge in [-0.05, 0) is 24.1 Å². The molecule has 1 aliphatic rings. The van der Waals surface area contributed by atoms with Crippen molar-refractivity contribution in [2.24, 2.45) is 0 Å². The number of hydrogen-bond acceptors (Lipinski definition) is 2. The molecular formula is C19H21F2N3O. The number of anilines is 1. The molecule has 0 atom stereocenters. The van der Waals surface area contributed by atoms with E-state index in [1.807, 2.05) is 35.2 Å². The molecule has 1 heterocycles. The largest absolute Gasteiger partial charge is 0.368 e. The highest BCUT2D eigenvalue weighted by molar-refractivity contribution is 5.74. The third kappa shape index (κ3) is 4.47. The van der Waals surface area contributed by atoms with Crippen LogP contribution in [0, 0.1) is 11.6 Å². The van der Waals surface area contributed by atoms with Gasteiger partial charge >= 0.3 is 6.03 Å². The molecule has 2 amide bonds. The third-order valence-electron chi connectivity index (χ3n) is 4.37. The molecule has 0 aromatic heterocycles. The van der Waals surface area contributed by atoms with Gasteiger partial charge in [0.25, 0.3) is 0 Å². The second-order valence-corrected chi connectivity index (χ2v) is 6.04. The lowest BCUT2D eigenvalue weighted by Crippen LogP contribution is -2.52. The van der Waals surface area contributed by atoms with Crippen molar-refractivity contribution in [2.75, 3.05) is 37.6 Å². The minimum absolute atomic E-state index is 0.0825. The van der Waals surface area contributed by atoms with Gasteiger partial charge in [-0.15, -0.1) is 0 Å². The van der Waals surface area contributed by atoms with Crippen LogP contribution < -0.4 is 10.2 Å². The Kier molecular flexibility index (Phi) is 5.48. The number of hydrogen-bond donors (Lipinski definition) is 1. The van der Waals surface area contributed by atoms with Gasteiger partial charge in [-0.3, -0.25) is 0 Å². The number of rotatable bonds is 4. The zero-order valence-corrected chi connectivity index (χ0v) is 13.9. The molecule has 0 bridgehead atoms. The second kappa shape index (κ2) is 7.96. The van der Waals surface area contributed by atoms with Crippen LogP contribution >= 0.6 is 0 Å². The van der Waals surface area contributed by atoms with Gasteiger partial charge in [0, 0.05) is 44.5 Å². The molecule has 132 valence electrons. The van der Waals surface area contributed by atoms with Crippen molar-refractivity contribution in [1.29, 1.82) is 0 Å². The zero-order valence-electron chi connectivity index (χ0n) is 13.9. The summed E-state index contributed by atoms with van der Waals surface area (Å²) in [5.41, 5.74) is 1.83. The molecule has 1 saturated heterocycles. The molecule has 0 unspecified atom stereocenters. The van der Waals surface area contributed by atoms with E-state index in [1.54, 1.807) is 11.0 Å². The minimum atomic E-state index is -0.849. The number of benzene rings is 2. The van der Waals surface area contributed by atoms with E-state index < -0.39 is 11.6 Å². The summed E-state index contributed by atoms with van der Waals surface area (Å²) in [4.78, 5) is 15.9. The number of halogens is 2. The molecule has 6 heteroatoms. The van der Waals surface area contributed by atoms with E-state index in [2.05, 4.69) is 5.32 Å². The van der Waals surface area contributed by atoms with Gasteiger partial charge < -0.3 is 15.1 Å². The Labute approximate surface area is 146 Å². The molecule has 0 spiro atoms. The van der Waals surface area contributed by atoms with Crippen molar-refractivity contribution < 1.29 is 13.6 Å². The van der Waals surface area contributed by atoms with Crippen LogP contribution in [0.2, 0.25) is 0 Å². The zero-order chi connectivity index (χ0) is 17.6. The van der Waals surface area contributed by atoms with Crippen LogP contribution in [-0.4, -0.2) is 43.7 Å². The molecule has 4 nitrogen and oxygen atoms in total. The fourth-order valence-electron chi connectivity index (χ4n) is 2.92. The fraction of sp³-hybridized carbons (Fsp3) is 0.316. The number of carbonyl (C=O) groups excluding carboxylic acids is 1. The summed E-state index contributed by atoms with van der Waals surface area (Å²) >= 11 is 0. The Bertz CT molecular complexity index is 716. The first kappa shape index (κ1) is 17.2. The van der Waals surface area contributed by atoms with Crippen molar-refractivity contribution in [3.8, 4) is 0 Å². The highest BCUT2D eigenvalue weighted by atomic mass is 19.2. The number of carbonyl (C=O) groups is 1. The summed E-state index contributed by atoms with van der Waals surface area (Å²) < 4.78 is 26.4. The van der Waals surface area contributed by atoms with Gasteiger partial charge in [-0.1, -0.05) is 30.3 Å². The molecule has 2 aromatic rings. The molecule has 0 aliphatic carbocycles. The molecule has 1 aliphatic heterocycles. The standard InChI is InChI=1S/C19H21F2N3O/c20-17-7-6-16(14-18(17)21)23-10-12-24(13-11-23)19(25)22-9-8-15-4-2-1-3-5-15/h1-7,14H,8-13H2,(H,22,25). The summed E-state index contributed by atoms with van der Waals surface area (Å²) in [5, 5.41) is 2.93. The number of nitrogens with zero attached hydrogens (tertiary/aromatic N) is 2. The maximum atomic E-state index is 13.3. The average Bonchev–Trinajstić information content (AvgIpc) is 2.65. The molecule has 3 rings (SSSR count). The maximum Gasteiger partial charge on any atom is 0.317 e. The summed E-state index contributed by atoms with van der Waals surface area (Å²) in [6, 6.07) is 13.8. The number of piperazine rings is 1. The maximum absolute atomic E-state index is 13.3. The van der Waals surface area contributed by atoms with Crippen LogP contribution in [0.15, 0.2) is 48.5 Å². The van der Waals surface area contributed by atoms with Crippen LogP contribution in [0.4, 0.5) is 19.3 Å². The van der Waals surface area contributed by atoms with Crippen LogP contribution in [0.5, 0.6) is 0 Å². The van der Waals surface area contributed by atoms with Crippen molar-refractivity contribution >= 4 is 11.7 Å². The van der Waals surface area contributed by atoms with Crippen LogP contribution in [0.25, 0.3) is 0 Å². The summed E-state index contributed by atoms with van der Waals surface area (Å²) in [6.45, 7) is 2.88. The van der Waals surface area contributed by atoms with Crippen molar-refractivity contribution in [3.05, 3.63) is 65.7 Å². The Hall–Kier alpha value is -2.63. The first-order valence-corrected chi connectivity index (χ1v) is 8.40. The predicted molar refractivity (Wildman–Crippen MR) is 93.7 cm³/mol. The molecule has 1 fully saturated rings. The Balaban J connectivity index is 1.45. The normalized spacial score (nSPS) is 14.5. The van der Waals surface area contributed by atoms with E-state index in [-0.39, 0.29) is 6.03 Å². The Morgan fingerprint density at radius 1 is 0.960 bits per heavy atom. The van der Waals surface area contributed by atoms with Gasteiger partial charge in [0.05, 0.1) is 0 Å². The molecule has 2 aromatic carbocycles. The van der Waals surface area contributed by atoms with Crippen molar-refractivity contribution in [3.63, 3.8) is 0 Å². The highest BCUT2D eigenvalue weighted by Gasteiger charge is 2.21. The number of urea groups is 1. The first-order chi connectivity index (χ1) is 12.1. The molecule has 0 saturated carbocycles. The molecule has 1 N–H and O–H groups in total. The first-order valence-electron chi connectivity index (χ1n) is 8.40. The minimum Gasteiger partial charge on any atom is -0.368 e. The Morgan fingerprint density at radius 2 is 1.68 bits per heavy atom. The second-order valence-electron chi connectivity index (χ2n) is 6.04. The molecule has 25 heavy (non-hydrogen) atoms. The van der Waals surface area contributed by atoms with Crippen LogP contribution in [0.1, 0.15) is 5.56 Å². The molecule has 0 radical (unpaired) electrons. The average molecular weight is 345 g/mol. The van der Waals surface area contributed by atoms with Gasteiger partial charge in [-0.25, -0.2) is 13.6 Å². The van der Waals surface area contributed by atoms with E-state index in [0.29, 0.717) is 38.4 Å². The third-order valence-corrected chi connectivity index (χ3v) is 4.37. The monoisotopic (exact) mass is 345 g/mol. The molecular weight excluding hydrogens is 324 g/mol. The quantitative estimate of drug-likeness (QED) is 0.925. The predicted octanol–water partition coefficient (Wildman–Crippen LogP) is 3.04. The smallest absolute Gasteiger partial charge is 0.317 e. The van der Waals surface area contributed by atoms with Crippen LogP contribution in [0.3, 0.4) is 0 Å². The Morgan fingerprint density at radius 3 is 2.36 bits per heavy atom. The van der Waals surface area contributed by atoms with E-state index in [4.69, 9.17) is 0 Å². The summed E-state index contributed by atoms with van der Waals surface area (Å²) in [5.74, 6) is -1.70. The highest BCUT2D eigenvalue weighted by Crippen LogP contribution is 2.19. The van der Waals surface area contributed by atoms with E-state index in [0.717, 1.165) is 12.5 Å². The van der Waals surface area contributed by atoms with Crippen LogP contribution in [-0.2, 0) is 6.42 Å². The van der Waals surface area contributed by atoms with Gasteiger partial charge in [-0.2, -0.15) is 0 Å². The van der Waals surface area contributed by atoms with Gasteiger partial charge in [0.1, 0.15) is 0 Å². The van der Waals surface area contributed by atoms with E-state index >= 15 is 0 Å². The van der Waals surface area contributed by atoms with E-state index in [1.165, 1.54) is 11.6 Å². The number of amides is 2. The summed E-state index contributed by atoms with van der Waals surface area (Å²) in [7, 11) is 0. The lowest BCUT2D eigenvalue weighted by Gasteiger charge is -2.36. The van der Waals surface area contributed by atoms with E-state index in [9.17, 15) is 13.6 Å². The fourth-order valence-corrected chi connectivity index (χ4v) is 2.92. The lowest BCUT2D eigenvalue weighted by molar-refractivity contribution is 0.194. The number of nitrogens with one attached hydrogen (secondary N) is 1. The van der Waals surface area contributed by atoms with Crippen molar-refractivity contribution in [2.45, 2.75) is 6.42 Å². The SMILES string of the molecule is O=C(NCCc1ccccc1)N1CCN(c2ccc(F)c(F)c2)CC1. The topological polar surface area (TPSA) is 35.6 Å². The van der Waals surface area contributed by atoms with Gasteiger partial charge in [0.15, 0.2) is 11.6 Å². The summed E-state index contributed by atoms with van der Waals surface area (Å²) in [6.07, 6.45) is 0.793. The van der Waals surface area contributed by atoms with Gasteiger partial charge in [0.2, 0.25) is 0 Å².